The van der Waals surface area contributed by atoms with Crippen LogP contribution in [-0.2, 0) is 6.54 Å². The van der Waals surface area contributed by atoms with Crippen LogP contribution < -0.4 is 11.3 Å². The van der Waals surface area contributed by atoms with Gasteiger partial charge in [-0.15, -0.1) is 0 Å². The molecule has 100 valence electrons. The molecule has 18 heavy (non-hydrogen) atoms. The van der Waals surface area contributed by atoms with Crippen molar-refractivity contribution >= 4 is 11.4 Å². The van der Waals surface area contributed by atoms with Crippen LogP contribution >= 0.6 is 0 Å². The Morgan fingerprint density at radius 2 is 2.22 bits per heavy atom. The average Bonchev–Trinajstić information content (AvgIpc) is 2.35. The molecular weight excluding hydrogens is 232 g/mol. The summed E-state index contributed by atoms with van der Waals surface area (Å²) in [6.45, 7) is 3.92. The van der Waals surface area contributed by atoms with E-state index in [1.165, 1.54) is 6.07 Å². The Hall–Kier alpha value is -1.66. The van der Waals surface area contributed by atoms with Crippen molar-refractivity contribution in [1.82, 2.24) is 4.90 Å². The molecular formula is C12H20N4O2. The number of hydrazine groups is 1. The molecule has 0 saturated heterocycles. The highest BCUT2D eigenvalue weighted by atomic mass is 16.6. The van der Waals surface area contributed by atoms with Gasteiger partial charge >= 0.3 is 0 Å². The third-order valence-electron chi connectivity index (χ3n) is 2.76. The van der Waals surface area contributed by atoms with Crippen molar-refractivity contribution in [2.24, 2.45) is 5.84 Å². The lowest BCUT2D eigenvalue weighted by Crippen LogP contribution is -2.19. The molecule has 0 atom stereocenters. The van der Waals surface area contributed by atoms with E-state index in [2.05, 4.69) is 17.2 Å². The third kappa shape index (κ3) is 3.97. The third-order valence-corrected chi connectivity index (χ3v) is 2.76. The molecule has 0 aliphatic heterocycles. The van der Waals surface area contributed by atoms with Crippen molar-refractivity contribution in [2.75, 3.05) is 19.0 Å². The van der Waals surface area contributed by atoms with Crippen molar-refractivity contribution in [3.63, 3.8) is 0 Å². The van der Waals surface area contributed by atoms with Gasteiger partial charge in [0, 0.05) is 12.6 Å². The van der Waals surface area contributed by atoms with Crippen molar-refractivity contribution < 1.29 is 4.92 Å². The number of rotatable bonds is 7. The molecule has 0 radical (unpaired) electrons. The summed E-state index contributed by atoms with van der Waals surface area (Å²) in [5.41, 5.74) is 3.73. The lowest BCUT2D eigenvalue weighted by atomic mass is 10.1. The summed E-state index contributed by atoms with van der Waals surface area (Å²) in [6.07, 6.45) is 2.30. The summed E-state index contributed by atoms with van der Waals surface area (Å²) in [4.78, 5) is 12.5. The number of nitrogens with two attached hydrogens (primary N) is 1. The first kappa shape index (κ1) is 14.4. The summed E-state index contributed by atoms with van der Waals surface area (Å²) in [5.74, 6) is 5.30. The van der Waals surface area contributed by atoms with Gasteiger partial charge in [0.1, 0.15) is 5.69 Å². The molecule has 6 nitrogen and oxygen atoms in total. The van der Waals surface area contributed by atoms with Crippen LogP contribution in [0.4, 0.5) is 11.4 Å². The minimum Gasteiger partial charge on any atom is -0.318 e. The maximum absolute atomic E-state index is 10.8. The number of nitrogens with zero attached hydrogens (tertiary/aromatic N) is 2. The molecule has 0 aromatic heterocycles. The lowest BCUT2D eigenvalue weighted by molar-refractivity contribution is -0.384. The van der Waals surface area contributed by atoms with Crippen LogP contribution in [0, 0.1) is 10.1 Å². The summed E-state index contributed by atoms with van der Waals surface area (Å²) in [7, 11) is 2.03. The van der Waals surface area contributed by atoms with Crippen molar-refractivity contribution in [2.45, 2.75) is 26.3 Å². The normalized spacial score (nSPS) is 10.7. The zero-order valence-electron chi connectivity index (χ0n) is 10.8. The summed E-state index contributed by atoms with van der Waals surface area (Å²) < 4.78 is 0. The second kappa shape index (κ2) is 6.93. The first-order valence-corrected chi connectivity index (χ1v) is 6.01. The van der Waals surface area contributed by atoms with Crippen LogP contribution in [0.5, 0.6) is 0 Å². The summed E-state index contributed by atoms with van der Waals surface area (Å²) >= 11 is 0. The fourth-order valence-corrected chi connectivity index (χ4v) is 1.78. The fraction of sp³-hybridized carbons (Fsp3) is 0.500. The number of anilines is 1. The van der Waals surface area contributed by atoms with E-state index in [1.807, 2.05) is 7.05 Å². The molecule has 0 amide bonds. The van der Waals surface area contributed by atoms with Gasteiger partial charge in [-0.2, -0.15) is 0 Å². The van der Waals surface area contributed by atoms with E-state index in [9.17, 15) is 10.1 Å². The van der Waals surface area contributed by atoms with Gasteiger partial charge in [-0.1, -0.05) is 19.4 Å². The van der Waals surface area contributed by atoms with Crippen molar-refractivity contribution in [3.8, 4) is 0 Å². The second-order valence-corrected chi connectivity index (χ2v) is 4.34. The van der Waals surface area contributed by atoms with E-state index < -0.39 is 4.92 Å². The van der Waals surface area contributed by atoms with Gasteiger partial charge in [0.05, 0.1) is 4.92 Å². The van der Waals surface area contributed by atoms with Crippen LogP contribution in [0.2, 0.25) is 0 Å². The fourth-order valence-electron chi connectivity index (χ4n) is 1.78. The van der Waals surface area contributed by atoms with Gasteiger partial charge in [0.2, 0.25) is 0 Å². The molecule has 0 saturated carbocycles. The molecule has 6 heteroatoms. The van der Waals surface area contributed by atoms with E-state index in [4.69, 9.17) is 5.84 Å². The molecule has 0 fully saturated rings. The minimum absolute atomic E-state index is 0.00235. The van der Waals surface area contributed by atoms with Crippen LogP contribution in [0.1, 0.15) is 25.3 Å². The highest BCUT2D eigenvalue weighted by Gasteiger charge is 2.13. The lowest BCUT2D eigenvalue weighted by Gasteiger charge is -2.16. The number of unbranched alkanes of at least 4 members (excludes halogenated alkanes) is 1. The van der Waals surface area contributed by atoms with Gasteiger partial charge in [-0.3, -0.25) is 16.0 Å². The topological polar surface area (TPSA) is 84.4 Å². The van der Waals surface area contributed by atoms with Crippen LogP contribution in [0.15, 0.2) is 18.2 Å². The molecule has 3 N–H and O–H groups in total. The maximum Gasteiger partial charge on any atom is 0.293 e. The Kier molecular flexibility index (Phi) is 5.54. The van der Waals surface area contributed by atoms with Gasteiger partial charge in [0.15, 0.2) is 0 Å². The molecule has 0 aliphatic carbocycles. The van der Waals surface area contributed by atoms with Gasteiger partial charge in [-0.25, -0.2) is 0 Å². The zero-order valence-corrected chi connectivity index (χ0v) is 10.8. The SMILES string of the molecule is CCCCN(C)Cc1ccc([N+](=O)[O-])c(NN)c1. The van der Waals surface area contributed by atoms with Crippen molar-refractivity contribution in [3.05, 3.63) is 33.9 Å². The van der Waals surface area contributed by atoms with Gasteiger partial charge < -0.3 is 10.3 Å². The summed E-state index contributed by atoms with van der Waals surface area (Å²) in [6, 6.07) is 4.97. The molecule has 1 aromatic carbocycles. The number of hydrogen-bond acceptors (Lipinski definition) is 5. The second-order valence-electron chi connectivity index (χ2n) is 4.34. The monoisotopic (exact) mass is 252 g/mol. The highest BCUT2D eigenvalue weighted by molar-refractivity contribution is 5.62. The zero-order chi connectivity index (χ0) is 13.5. The molecule has 0 bridgehead atoms. The quantitative estimate of drug-likeness (QED) is 0.441. The summed E-state index contributed by atoms with van der Waals surface area (Å²) in [5, 5.41) is 10.8. The molecule has 0 aliphatic rings. The molecule has 1 rings (SSSR count). The van der Waals surface area contributed by atoms with E-state index in [0.29, 0.717) is 5.69 Å². The maximum atomic E-state index is 10.8. The van der Waals surface area contributed by atoms with Crippen LogP contribution in [-0.4, -0.2) is 23.4 Å². The van der Waals surface area contributed by atoms with Crippen LogP contribution in [0.25, 0.3) is 0 Å². The number of nitro groups is 1. The number of nitrogens with one attached hydrogen (secondary N) is 1. The Morgan fingerprint density at radius 1 is 1.50 bits per heavy atom. The Morgan fingerprint density at radius 3 is 2.78 bits per heavy atom. The smallest absolute Gasteiger partial charge is 0.293 e. The van der Waals surface area contributed by atoms with E-state index in [0.717, 1.165) is 31.5 Å². The first-order valence-electron chi connectivity index (χ1n) is 6.01. The largest absolute Gasteiger partial charge is 0.318 e. The average molecular weight is 252 g/mol. The number of benzene rings is 1. The van der Waals surface area contributed by atoms with E-state index >= 15 is 0 Å². The highest BCUT2D eigenvalue weighted by Crippen LogP contribution is 2.24. The first-order chi connectivity index (χ1) is 8.58. The number of nitro benzene ring substituents is 1. The predicted molar refractivity (Wildman–Crippen MR) is 72.1 cm³/mol. The van der Waals surface area contributed by atoms with E-state index in [1.54, 1.807) is 12.1 Å². The van der Waals surface area contributed by atoms with E-state index in [-0.39, 0.29) is 5.69 Å². The Bertz CT molecular complexity index is 409. The van der Waals surface area contributed by atoms with Gasteiger partial charge in [-0.05, 0) is 31.6 Å². The number of nitrogen functional groups attached to an aromatic ring is 1. The molecule has 1 aromatic rings. The van der Waals surface area contributed by atoms with Crippen LogP contribution in [0.3, 0.4) is 0 Å². The molecule has 0 heterocycles. The predicted octanol–water partition coefficient (Wildman–Crippen LogP) is 2.11. The van der Waals surface area contributed by atoms with Gasteiger partial charge in [0.25, 0.3) is 5.69 Å². The Labute approximate surface area is 107 Å². The number of hydrogen-bond donors (Lipinski definition) is 2. The van der Waals surface area contributed by atoms with Crippen molar-refractivity contribution in [1.29, 1.82) is 0 Å². The standard InChI is InChI=1S/C12H20N4O2/c1-3-4-7-15(2)9-10-5-6-12(16(17)18)11(8-10)14-13/h5-6,8,14H,3-4,7,9,13H2,1-2H3. The molecule has 0 unspecified atom stereocenters. The molecule has 0 spiro atoms. The minimum atomic E-state index is -0.445. The Balaban J connectivity index is 2.76.